The van der Waals surface area contributed by atoms with Crippen molar-refractivity contribution in [3.8, 4) is 0 Å². The second-order valence-corrected chi connectivity index (χ2v) is 11.5. The van der Waals surface area contributed by atoms with E-state index < -0.39 is 21.9 Å². The number of nitrogens with one attached hydrogen (secondary N) is 1. The summed E-state index contributed by atoms with van der Waals surface area (Å²) in [7, 11) is -3.56. The average Bonchev–Trinajstić information content (AvgIpc) is 3.33. The van der Waals surface area contributed by atoms with Crippen molar-refractivity contribution in [2.75, 3.05) is 17.1 Å². The van der Waals surface area contributed by atoms with E-state index in [-0.39, 0.29) is 43.8 Å². The predicted molar refractivity (Wildman–Crippen MR) is 139 cm³/mol. The third-order valence-corrected chi connectivity index (χ3v) is 7.80. The van der Waals surface area contributed by atoms with E-state index in [1.807, 2.05) is 13.0 Å². The number of benzene rings is 2. The zero-order chi connectivity index (χ0) is 26.3. The van der Waals surface area contributed by atoms with Gasteiger partial charge >= 0.3 is 0 Å². The van der Waals surface area contributed by atoms with E-state index in [2.05, 4.69) is 5.32 Å². The van der Waals surface area contributed by atoms with E-state index >= 15 is 0 Å². The smallest absolute Gasteiger partial charge is 0.242 e. The summed E-state index contributed by atoms with van der Waals surface area (Å²) < 4.78 is 40.5. The summed E-state index contributed by atoms with van der Waals surface area (Å²) in [6.45, 7) is 3.60. The van der Waals surface area contributed by atoms with Crippen LogP contribution < -0.4 is 9.62 Å². The molecular formula is C27H36FN3O4S. The van der Waals surface area contributed by atoms with Crippen molar-refractivity contribution in [3.05, 3.63) is 65.5 Å². The maximum atomic E-state index is 14.4. The Balaban J connectivity index is 1.72. The van der Waals surface area contributed by atoms with Crippen LogP contribution in [0, 0.1) is 12.7 Å². The number of aryl methyl sites for hydroxylation is 1. The first-order valence-corrected chi connectivity index (χ1v) is 14.3. The fourth-order valence-electron chi connectivity index (χ4n) is 4.57. The maximum Gasteiger partial charge on any atom is 0.242 e. The van der Waals surface area contributed by atoms with Gasteiger partial charge in [0.15, 0.2) is 0 Å². The molecule has 0 radical (unpaired) electrons. The molecule has 3 rings (SSSR count). The first-order chi connectivity index (χ1) is 17.1. The lowest BCUT2D eigenvalue weighted by Crippen LogP contribution is -2.49. The average molecular weight is 518 g/mol. The quantitative estimate of drug-likeness (QED) is 0.485. The second kappa shape index (κ2) is 12.3. The van der Waals surface area contributed by atoms with Gasteiger partial charge in [-0.15, -0.1) is 0 Å². The van der Waals surface area contributed by atoms with E-state index in [1.54, 1.807) is 43.3 Å². The molecule has 36 heavy (non-hydrogen) atoms. The normalized spacial score (nSPS) is 14.9. The van der Waals surface area contributed by atoms with Gasteiger partial charge in [0.25, 0.3) is 0 Å². The van der Waals surface area contributed by atoms with Crippen LogP contribution in [0.2, 0.25) is 0 Å². The van der Waals surface area contributed by atoms with Crippen molar-refractivity contribution < 1.29 is 22.4 Å². The molecule has 0 aliphatic heterocycles. The molecule has 0 aromatic heterocycles. The van der Waals surface area contributed by atoms with Crippen molar-refractivity contribution in [1.29, 1.82) is 0 Å². The number of rotatable bonds is 11. The molecule has 1 aliphatic rings. The Morgan fingerprint density at radius 2 is 1.81 bits per heavy atom. The maximum absolute atomic E-state index is 14.4. The van der Waals surface area contributed by atoms with Crippen molar-refractivity contribution in [1.82, 2.24) is 10.2 Å². The van der Waals surface area contributed by atoms with Crippen LogP contribution in [0.4, 0.5) is 10.1 Å². The van der Waals surface area contributed by atoms with Gasteiger partial charge in [-0.1, -0.05) is 43.2 Å². The Bertz CT molecular complexity index is 1170. The third-order valence-electron chi connectivity index (χ3n) is 6.61. The number of anilines is 1. The van der Waals surface area contributed by atoms with E-state index in [0.717, 1.165) is 37.5 Å². The molecule has 2 aromatic carbocycles. The number of nitrogens with zero attached hydrogens (tertiary/aromatic N) is 2. The lowest BCUT2D eigenvalue weighted by Gasteiger charge is -2.30. The number of carbonyl (C=O) groups excluding carboxylic acids is 2. The zero-order valence-corrected chi connectivity index (χ0v) is 22.1. The number of carbonyl (C=O) groups is 2. The van der Waals surface area contributed by atoms with Crippen LogP contribution in [0.5, 0.6) is 0 Å². The van der Waals surface area contributed by atoms with Crippen LogP contribution in [-0.4, -0.2) is 50.0 Å². The Hall–Kier alpha value is -2.94. The highest BCUT2D eigenvalue weighted by Gasteiger charge is 2.29. The van der Waals surface area contributed by atoms with Crippen molar-refractivity contribution in [3.63, 3.8) is 0 Å². The van der Waals surface area contributed by atoms with Crippen LogP contribution in [0.25, 0.3) is 0 Å². The van der Waals surface area contributed by atoms with Gasteiger partial charge in [0.05, 0.1) is 11.9 Å². The van der Waals surface area contributed by atoms with Crippen molar-refractivity contribution >= 4 is 27.5 Å². The Labute approximate surface area is 213 Å². The molecule has 0 saturated heterocycles. The summed E-state index contributed by atoms with van der Waals surface area (Å²) >= 11 is 0. The summed E-state index contributed by atoms with van der Waals surface area (Å²) in [6, 6.07) is 12.7. The summed E-state index contributed by atoms with van der Waals surface area (Å²) in [6.07, 6.45) is 5.37. The third kappa shape index (κ3) is 7.53. The van der Waals surface area contributed by atoms with Gasteiger partial charge in [0.1, 0.15) is 11.9 Å². The molecule has 2 amide bonds. The second-order valence-electron chi connectivity index (χ2n) is 9.56. The van der Waals surface area contributed by atoms with E-state index in [0.29, 0.717) is 11.3 Å². The Morgan fingerprint density at radius 3 is 2.44 bits per heavy atom. The lowest BCUT2D eigenvalue weighted by atomic mass is 10.1. The highest BCUT2D eigenvalue weighted by molar-refractivity contribution is 7.92. The molecule has 1 unspecified atom stereocenters. The molecule has 0 bridgehead atoms. The number of sulfonamides is 1. The standard InChI is InChI=1S/C27H36FN3O4S/c1-20-10-8-14-24(18-20)31(36(3,34)35)17-9-16-26(32)30(19-22-11-4-7-15-25(22)28)21(2)27(33)29-23-12-5-6-13-23/h4,7-8,10-11,14-15,18,21,23H,5-6,9,12-13,16-17,19H2,1-3H3,(H,29,33). The zero-order valence-electron chi connectivity index (χ0n) is 21.2. The monoisotopic (exact) mass is 517 g/mol. The topological polar surface area (TPSA) is 86.8 Å². The summed E-state index contributed by atoms with van der Waals surface area (Å²) in [5.74, 6) is -1.03. The molecule has 9 heteroatoms. The van der Waals surface area contributed by atoms with E-state index in [9.17, 15) is 22.4 Å². The van der Waals surface area contributed by atoms with Crippen LogP contribution >= 0.6 is 0 Å². The first kappa shape index (κ1) is 27.6. The van der Waals surface area contributed by atoms with Gasteiger partial charge in [-0.3, -0.25) is 13.9 Å². The van der Waals surface area contributed by atoms with Crippen molar-refractivity contribution in [2.24, 2.45) is 0 Å². The Kier molecular flexibility index (Phi) is 9.48. The molecule has 1 N–H and O–H groups in total. The lowest BCUT2D eigenvalue weighted by molar-refractivity contribution is -0.141. The van der Waals surface area contributed by atoms with Gasteiger partial charge in [-0.25, -0.2) is 12.8 Å². The summed E-state index contributed by atoms with van der Waals surface area (Å²) in [4.78, 5) is 27.7. The highest BCUT2D eigenvalue weighted by Crippen LogP contribution is 2.21. The van der Waals surface area contributed by atoms with Gasteiger partial charge in [0, 0.05) is 31.1 Å². The molecule has 1 fully saturated rings. The number of hydrogen-bond acceptors (Lipinski definition) is 4. The van der Waals surface area contributed by atoms with Gasteiger partial charge in [-0.05, 0) is 56.9 Å². The largest absolute Gasteiger partial charge is 0.352 e. The van der Waals surface area contributed by atoms with Crippen molar-refractivity contribution in [2.45, 2.75) is 71.0 Å². The van der Waals surface area contributed by atoms with Gasteiger partial charge < -0.3 is 10.2 Å². The number of amides is 2. The molecule has 196 valence electrons. The SMILES string of the molecule is Cc1cccc(N(CCCC(=O)N(Cc2ccccc2F)C(C)C(=O)NC2CCCC2)S(C)(=O)=O)c1. The molecule has 2 aromatic rings. The minimum absolute atomic E-state index is 0.0212. The van der Waals surface area contributed by atoms with Crippen LogP contribution in [-0.2, 0) is 26.2 Å². The van der Waals surface area contributed by atoms with E-state index in [4.69, 9.17) is 0 Å². The van der Waals surface area contributed by atoms with Crippen LogP contribution in [0.1, 0.15) is 56.6 Å². The molecule has 7 nitrogen and oxygen atoms in total. The molecular weight excluding hydrogens is 481 g/mol. The summed E-state index contributed by atoms with van der Waals surface area (Å²) in [5.41, 5.74) is 1.79. The minimum Gasteiger partial charge on any atom is -0.352 e. The first-order valence-electron chi connectivity index (χ1n) is 12.4. The number of halogens is 1. The molecule has 0 heterocycles. The molecule has 0 spiro atoms. The summed E-state index contributed by atoms with van der Waals surface area (Å²) in [5, 5.41) is 3.02. The van der Waals surface area contributed by atoms with Crippen LogP contribution in [0.15, 0.2) is 48.5 Å². The van der Waals surface area contributed by atoms with Gasteiger partial charge in [-0.2, -0.15) is 0 Å². The minimum atomic E-state index is -3.56. The molecule has 1 aliphatic carbocycles. The highest BCUT2D eigenvalue weighted by atomic mass is 32.2. The van der Waals surface area contributed by atoms with Crippen LogP contribution in [0.3, 0.4) is 0 Å². The fraction of sp³-hybridized carbons (Fsp3) is 0.481. The molecule has 1 atom stereocenters. The molecule has 1 saturated carbocycles. The number of hydrogen-bond donors (Lipinski definition) is 1. The fourth-order valence-corrected chi connectivity index (χ4v) is 5.53. The van der Waals surface area contributed by atoms with Gasteiger partial charge in [0.2, 0.25) is 21.8 Å². The van der Waals surface area contributed by atoms with E-state index in [1.165, 1.54) is 15.3 Å². The predicted octanol–water partition coefficient (Wildman–Crippen LogP) is 4.16. The Morgan fingerprint density at radius 1 is 1.11 bits per heavy atom.